The number of nitrogens with one attached hydrogen (secondary N) is 1. The molecule has 1 heterocycles. The van der Waals surface area contributed by atoms with E-state index >= 15 is 0 Å². The number of fused-ring (bicyclic) bond motifs is 1. The van der Waals surface area contributed by atoms with E-state index in [1.807, 2.05) is 22.9 Å². The highest BCUT2D eigenvalue weighted by Gasteiger charge is 2.23. The predicted octanol–water partition coefficient (Wildman–Crippen LogP) is 3.36. The van der Waals surface area contributed by atoms with E-state index in [1.165, 1.54) is 5.56 Å². The lowest BCUT2D eigenvalue weighted by Gasteiger charge is -2.27. The summed E-state index contributed by atoms with van der Waals surface area (Å²) in [5.41, 5.74) is 3.20. The van der Waals surface area contributed by atoms with Gasteiger partial charge in [0.15, 0.2) is 0 Å². The van der Waals surface area contributed by atoms with Crippen LogP contribution in [-0.2, 0) is 6.42 Å². The lowest BCUT2D eigenvalue weighted by molar-refractivity contribution is -0.385. The maximum absolute atomic E-state index is 11.0. The van der Waals surface area contributed by atoms with Crippen LogP contribution in [0.4, 0.5) is 5.69 Å². The Bertz CT molecular complexity index is 657. The fourth-order valence-corrected chi connectivity index (χ4v) is 3.66. The van der Waals surface area contributed by atoms with Gasteiger partial charge in [-0.2, -0.15) is 11.3 Å². The Labute approximate surface area is 132 Å². The van der Waals surface area contributed by atoms with Crippen molar-refractivity contribution in [3.05, 3.63) is 61.8 Å². The lowest BCUT2D eigenvalue weighted by Crippen LogP contribution is -2.29. The first kappa shape index (κ1) is 15.1. The molecular weight excluding hydrogens is 300 g/mol. The van der Waals surface area contributed by atoms with Gasteiger partial charge in [-0.25, -0.2) is 0 Å². The SMILES string of the molecule is O=[N+]([O-])c1ccc2c(c1)[C@H](NC[C@H](O)c1ccsc1)CCC2. The van der Waals surface area contributed by atoms with E-state index in [9.17, 15) is 15.2 Å². The zero-order valence-electron chi connectivity index (χ0n) is 12.1. The van der Waals surface area contributed by atoms with Gasteiger partial charge in [-0.05, 0) is 52.8 Å². The molecule has 0 fully saturated rings. The van der Waals surface area contributed by atoms with Gasteiger partial charge < -0.3 is 10.4 Å². The van der Waals surface area contributed by atoms with Gasteiger partial charge in [-0.3, -0.25) is 10.1 Å². The van der Waals surface area contributed by atoms with Gasteiger partial charge >= 0.3 is 0 Å². The maximum atomic E-state index is 11.0. The van der Waals surface area contributed by atoms with Crippen molar-refractivity contribution in [3.63, 3.8) is 0 Å². The van der Waals surface area contributed by atoms with Crippen LogP contribution >= 0.6 is 11.3 Å². The number of aryl methyl sites for hydroxylation is 1. The number of aliphatic hydroxyl groups excluding tert-OH is 1. The quantitative estimate of drug-likeness (QED) is 0.655. The summed E-state index contributed by atoms with van der Waals surface area (Å²) in [6.45, 7) is 0.448. The van der Waals surface area contributed by atoms with Crippen molar-refractivity contribution in [3.8, 4) is 0 Å². The molecule has 22 heavy (non-hydrogen) atoms. The Kier molecular flexibility index (Phi) is 4.52. The summed E-state index contributed by atoms with van der Waals surface area (Å²) in [5, 5.41) is 28.4. The number of thiophene rings is 1. The number of nitro groups is 1. The number of nitrogens with zero attached hydrogens (tertiary/aromatic N) is 1. The molecule has 5 nitrogen and oxygen atoms in total. The van der Waals surface area contributed by atoms with E-state index < -0.39 is 6.10 Å². The average Bonchev–Trinajstić information content (AvgIpc) is 3.06. The molecule has 0 spiro atoms. The Balaban J connectivity index is 1.73. The number of hydrogen-bond acceptors (Lipinski definition) is 5. The summed E-state index contributed by atoms with van der Waals surface area (Å²) in [6, 6.07) is 7.08. The Morgan fingerprint density at radius 2 is 2.32 bits per heavy atom. The maximum Gasteiger partial charge on any atom is 0.269 e. The van der Waals surface area contributed by atoms with Crippen molar-refractivity contribution < 1.29 is 10.0 Å². The number of nitro benzene ring substituents is 1. The summed E-state index contributed by atoms with van der Waals surface area (Å²) in [5.74, 6) is 0. The molecule has 1 aromatic carbocycles. The standard InChI is InChI=1S/C16H18N2O3S/c19-16(12-6-7-22-10-12)9-17-15-3-1-2-11-4-5-13(18(20)21)8-14(11)15/h4-8,10,15-17,19H,1-3,9H2/t15-,16+/m1/s1. The van der Waals surface area contributed by atoms with Gasteiger partial charge in [0.25, 0.3) is 5.69 Å². The second-order valence-electron chi connectivity index (χ2n) is 5.57. The van der Waals surface area contributed by atoms with Gasteiger partial charge in [-0.15, -0.1) is 0 Å². The molecule has 0 saturated carbocycles. The van der Waals surface area contributed by atoms with Crippen LogP contribution < -0.4 is 5.32 Å². The number of benzene rings is 1. The monoisotopic (exact) mass is 318 g/mol. The lowest BCUT2D eigenvalue weighted by atomic mass is 9.87. The minimum absolute atomic E-state index is 0.0666. The molecule has 3 rings (SSSR count). The number of rotatable bonds is 5. The molecular formula is C16H18N2O3S. The summed E-state index contributed by atoms with van der Waals surface area (Å²) < 4.78 is 0. The molecule has 2 atom stereocenters. The molecule has 2 N–H and O–H groups in total. The van der Waals surface area contributed by atoms with Crippen LogP contribution in [-0.4, -0.2) is 16.6 Å². The Morgan fingerprint density at radius 3 is 3.05 bits per heavy atom. The molecule has 1 aliphatic rings. The predicted molar refractivity (Wildman–Crippen MR) is 86.1 cm³/mol. The van der Waals surface area contributed by atoms with Gasteiger partial charge in [0, 0.05) is 24.7 Å². The van der Waals surface area contributed by atoms with E-state index in [4.69, 9.17) is 0 Å². The third-order valence-electron chi connectivity index (χ3n) is 4.14. The van der Waals surface area contributed by atoms with Crippen LogP contribution in [0.3, 0.4) is 0 Å². The summed E-state index contributed by atoms with van der Waals surface area (Å²) in [6.07, 6.45) is 2.40. The van der Waals surface area contributed by atoms with E-state index in [2.05, 4.69) is 5.32 Å². The zero-order chi connectivity index (χ0) is 15.5. The molecule has 6 heteroatoms. The molecule has 0 amide bonds. The second-order valence-corrected chi connectivity index (χ2v) is 6.35. The van der Waals surface area contributed by atoms with Crippen LogP contribution in [0.1, 0.15) is 41.7 Å². The van der Waals surface area contributed by atoms with Crippen molar-refractivity contribution in [2.75, 3.05) is 6.54 Å². The molecule has 0 aliphatic heterocycles. The molecule has 1 aromatic heterocycles. The van der Waals surface area contributed by atoms with Gasteiger partial charge in [0.2, 0.25) is 0 Å². The molecule has 0 unspecified atom stereocenters. The number of aliphatic hydroxyl groups is 1. The van der Waals surface area contributed by atoms with Gasteiger partial charge in [-0.1, -0.05) is 6.07 Å². The van der Waals surface area contributed by atoms with E-state index in [1.54, 1.807) is 23.5 Å². The first-order valence-corrected chi connectivity index (χ1v) is 8.30. The highest BCUT2D eigenvalue weighted by Crippen LogP contribution is 2.32. The smallest absolute Gasteiger partial charge is 0.269 e. The van der Waals surface area contributed by atoms with Crippen LogP contribution in [0.15, 0.2) is 35.0 Å². The van der Waals surface area contributed by atoms with Crippen LogP contribution in [0.25, 0.3) is 0 Å². The molecule has 2 aromatic rings. The molecule has 0 radical (unpaired) electrons. The van der Waals surface area contributed by atoms with Crippen LogP contribution in [0, 0.1) is 10.1 Å². The van der Waals surface area contributed by atoms with Crippen molar-refractivity contribution in [1.82, 2.24) is 5.32 Å². The van der Waals surface area contributed by atoms with Crippen LogP contribution in [0.5, 0.6) is 0 Å². The summed E-state index contributed by atoms with van der Waals surface area (Å²) in [7, 11) is 0. The molecule has 0 saturated heterocycles. The van der Waals surface area contributed by atoms with E-state index in [0.29, 0.717) is 6.54 Å². The second kappa shape index (κ2) is 6.56. The average molecular weight is 318 g/mol. The fourth-order valence-electron chi connectivity index (χ4n) is 2.95. The third kappa shape index (κ3) is 3.19. The summed E-state index contributed by atoms with van der Waals surface area (Å²) in [4.78, 5) is 10.6. The first-order valence-electron chi connectivity index (χ1n) is 7.36. The fraction of sp³-hybridized carbons (Fsp3) is 0.375. The van der Waals surface area contributed by atoms with Crippen molar-refractivity contribution >= 4 is 17.0 Å². The minimum atomic E-state index is -0.546. The first-order chi connectivity index (χ1) is 10.6. The van der Waals surface area contributed by atoms with Gasteiger partial charge in [0.05, 0.1) is 11.0 Å². The summed E-state index contributed by atoms with van der Waals surface area (Å²) >= 11 is 1.56. The van der Waals surface area contributed by atoms with E-state index in [-0.39, 0.29) is 16.7 Å². The van der Waals surface area contributed by atoms with Crippen molar-refractivity contribution in [1.29, 1.82) is 0 Å². The van der Waals surface area contributed by atoms with E-state index in [0.717, 1.165) is 30.4 Å². The highest BCUT2D eigenvalue weighted by atomic mass is 32.1. The van der Waals surface area contributed by atoms with Crippen molar-refractivity contribution in [2.45, 2.75) is 31.4 Å². The highest BCUT2D eigenvalue weighted by molar-refractivity contribution is 7.07. The zero-order valence-corrected chi connectivity index (χ0v) is 12.9. The normalized spacial score (nSPS) is 18.7. The Hall–Kier alpha value is -1.76. The minimum Gasteiger partial charge on any atom is -0.387 e. The number of hydrogen-bond donors (Lipinski definition) is 2. The number of non-ortho nitro benzene ring substituents is 1. The molecule has 1 aliphatic carbocycles. The van der Waals surface area contributed by atoms with Crippen LogP contribution in [0.2, 0.25) is 0 Å². The topological polar surface area (TPSA) is 75.4 Å². The molecule has 0 bridgehead atoms. The molecule has 116 valence electrons. The largest absolute Gasteiger partial charge is 0.387 e. The van der Waals surface area contributed by atoms with Crippen molar-refractivity contribution in [2.24, 2.45) is 0 Å². The Morgan fingerprint density at radius 1 is 1.45 bits per heavy atom. The third-order valence-corrected chi connectivity index (χ3v) is 4.84. The van der Waals surface area contributed by atoms with Gasteiger partial charge in [0.1, 0.15) is 0 Å².